The molecule has 0 radical (unpaired) electrons. The number of urea groups is 1. The second-order valence-corrected chi connectivity index (χ2v) is 10.6. The van der Waals surface area contributed by atoms with Crippen molar-refractivity contribution in [2.24, 2.45) is 11.7 Å². The van der Waals surface area contributed by atoms with Crippen LogP contribution in [0.3, 0.4) is 0 Å². The highest BCUT2D eigenvalue weighted by molar-refractivity contribution is 5.94. The highest BCUT2D eigenvalue weighted by Crippen LogP contribution is 2.34. The van der Waals surface area contributed by atoms with Crippen molar-refractivity contribution in [1.82, 2.24) is 26.2 Å². The molecule has 6 N–H and O–H groups in total. The number of primary amides is 1. The van der Waals surface area contributed by atoms with Crippen LogP contribution in [0.4, 0.5) is 4.79 Å². The number of carbonyl (C=O) groups is 4. The molecule has 2 aromatic carbocycles. The summed E-state index contributed by atoms with van der Waals surface area (Å²) in [7, 11) is 1.70. The van der Waals surface area contributed by atoms with E-state index < -0.39 is 24.2 Å². The highest BCUT2D eigenvalue weighted by Gasteiger charge is 2.48. The summed E-state index contributed by atoms with van der Waals surface area (Å²) in [6, 6.07) is 16.3. The first-order valence-electron chi connectivity index (χ1n) is 14.1. The van der Waals surface area contributed by atoms with Gasteiger partial charge in [-0.1, -0.05) is 67.6 Å². The lowest BCUT2D eigenvalue weighted by molar-refractivity contribution is -0.143. The first kappa shape index (κ1) is 29.1. The molecule has 5 amide bonds. The number of nitrogens with one attached hydrogen (secondary N) is 4. The first-order chi connectivity index (χ1) is 19.3. The molecule has 10 heteroatoms. The molecule has 2 aliphatic rings. The van der Waals surface area contributed by atoms with Crippen LogP contribution in [0.2, 0.25) is 0 Å². The van der Waals surface area contributed by atoms with Gasteiger partial charge in [-0.2, -0.15) is 0 Å². The summed E-state index contributed by atoms with van der Waals surface area (Å²) in [5, 5.41) is 11.7. The molecule has 4 rings (SSSR count). The van der Waals surface area contributed by atoms with Crippen molar-refractivity contribution in [1.29, 1.82) is 0 Å². The number of hydrogen-bond acceptors (Lipinski definition) is 5. The molecular weight excluding hydrogens is 508 g/mol. The quantitative estimate of drug-likeness (QED) is 0.307. The number of rotatable bonds is 10. The number of likely N-dealkylation sites (N-methyl/N-ethyl adjacent to an activating group) is 1. The van der Waals surface area contributed by atoms with Gasteiger partial charge in [-0.05, 0) is 50.3 Å². The molecule has 0 aliphatic carbocycles. The van der Waals surface area contributed by atoms with Crippen molar-refractivity contribution in [3.63, 3.8) is 0 Å². The third kappa shape index (κ3) is 6.62. The van der Waals surface area contributed by atoms with Gasteiger partial charge in [0.15, 0.2) is 0 Å². The summed E-state index contributed by atoms with van der Waals surface area (Å²) < 4.78 is 0. The molecule has 2 aromatic rings. The van der Waals surface area contributed by atoms with Gasteiger partial charge in [0.25, 0.3) is 0 Å². The van der Waals surface area contributed by atoms with Gasteiger partial charge in [-0.3, -0.25) is 14.4 Å². The van der Waals surface area contributed by atoms with Crippen molar-refractivity contribution < 1.29 is 19.2 Å². The predicted octanol–water partition coefficient (Wildman–Crippen LogP) is 1.81. The van der Waals surface area contributed by atoms with E-state index in [4.69, 9.17) is 5.73 Å². The molecule has 0 saturated carbocycles. The number of benzene rings is 2. The molecule has 0 spiro atoms. The third-order valence-corrected chi connectivity index (χ3v) is 8.13. The Labute approximate surface area is 235 Å². The zero-order valence-corrected chi connectivity index (χ0v) is 23.1. The van der Waals surface area contributed by atoms with Gasteiger partial charge in [-0.15, -0.1) is 0 Å². The summed E-state index contributed by atoms with van der Waals surface area (Å²) >= 11 is 0. The van der Waals surface area contributed by atoms with Crippen LogP contribution in [0.25, 0.3) is 0 Å². The molecule has 214 valence electrons. The highest BCUT2D eigenvalue weighted by atomic mass is 16.2. The molecule has 2 heterocycles. The van der Waals surface area contributed by atoms with E-state index in [0.29, 0.717) is 32.1 Å². The number of carbonyl (C=O) groups excluding carboxylic acids is 4. The number of hydrogen-bond donors (Lipinski definition) is 5. The molecular formula is C30H40N6O4. The van der Waals surface area contributed by atoms with Crippen LogP contribution >= 0.6 is 0 Å². The summed E-state index contributed by atoms with van der Waals surface area (Å²) in [6.45, 7) is 2.04. The van der Waals surface area contributed by atoms with Crippen LogP contribution in [-0.4, -0.2) is 66.4 Å². The van der Waals surface area contributed by atoms with Crippen LogP contribution in [0, 0.1) is 5.92 Å². The minimum absolute atomic E-state index is 0.126. The lowest BCUT2D eigenvalue weighted by Crippen LogP contribution is -2.59. The smallest absolute Gasteiger partial charge is 0.312 e. The summed E-state index contributed by atoms with van der Waals surface area (Å²) in [5.41, 5.74) is 7.21. The largest absolute Gasteiger partial charge is 0.352 e. The van der Waals surface area contributed by atoms with Crippen LogP contribution in [0.15, 0.2) is 60.7 Å². The lowest BCUT2D eigenvalue weighted by Gasteiger charge is -2.33. The Bertz CT molecular complexity index is 1130. The van der Waals surface area contributed by atoms with Gasteiger partial charge in [0, 0.05) is 18.5 Å². The van der Waals surface area contributed by atoms with E-state index >= 15 is 0 Å². The average molecular weight is 549 g/mol. The fraction of sp³-hybridized carbons (Fsp3) is 0.467. The second-order valence-electron chi connectivity index (χ2n) is 10.6. The monoisotopic (exact) mass is 548 g/mol. The van der Waals surface area contributed by atoms with Crippen LogP contribution < -0.4 is 27.0 Å². The van der Waals surface area contributed by atoms with E-state index in [-0.39, 0.29) is 42.3 Å². The first-order valence-corrected chi connectivity index (χ1v) is 14.1. The van der Waals surface area contributed by atoms with Crippen LogP contribution in [0.1, 0.15) is 56.2 Å². The lowest BCUT2D eigenvalue weighted by atomic mass is 9.92. The SMILES string of the molecule is CC[C@H](NC)C(=O)N[C@@H]1C(=O)N2[C@@H](CC[C@@H]1CNC(N)=O)CC[C@H]2C(=O)NC(c1ccccc1)c1ccccc1. The Kier molecular flexibility index (Phi) is 9.76. The van der Waals surface area contributed by atoms with Crippen molar-refractivity contribution in [3.8, 4) is 0 Å². The minimum Gasteiger partial charge on any atom is -0.352 e. The Morgan fingerprint density at radius 2 is 1.55 bits per heavy atom. The zero-order valence-electron chi connectivity index (χ0n) is 23.1. The number of nitrogens with zero attached hydrogens (tertiary/aromatic N) is 1. The summed E-state index contributed by atoms with van der Waals surface area (Å²) in [6.07, 6.45) is 3.04. The second kappa shape index (κ2) is 13.4. The van der Waals surface area contributed by atoms with E-state index in [1.807, 2.05) is 67.6 Å². The van der Waals surface area contributed by atoms with E-state index in [1.165, 1.54) is 0 Å². The molecule has 0 aromatic heterocycles. The van der Waals surface area contributed by atoms with Gasteiger partial charge < -0.3 is 31.9 Å². The van der Waals surface area contributed by atoms with Gasteiger partial charge in [-0.25, -0.2) is 4.79 Å². The fourth-order valence-corrected chi connectivity index (χ4v) is 5.99. The normalized spacial score (nSPS) is 23.2. The maximum absolute atomic E-state index is 14.1. The van der Waals surface area contributed by atoms with Crippen LogP contribution in [-0.2, 0) is 14.4 Å². The van der Waals surface area contributed by atoms with Gasteiger partial charge in [0.05, 0.1) is 12.1 Å². The summed E-state index contributed by atoms with van der Waals surface area (Å²) in [4.78, 5) is 54.2. The average Bonchev–Trinajstić information content (AvgIpc) is 3.35. The molecule has 2 aliphatic heterocycles. The third-order valence-electron chi connectivity index (χ3n) is 8.13. The van der Waals surface area contributed by atoms with Crippen molar-refractivity contribution in [3.05, 3.63) is 71.8 Å². The number of fused-ring (bicyclic) bond motifs is 1. The zero-order chi connectivity index (χ0) is 28.6. The number of amides is 5. The molecule has 5 atom stereocenters. The van der Waals surface area contributed by atoms with E-state index in [2.05, 4.69) is 21.3 Å². The molecule has 10 nitrogen and oxygen atoms in total. The Balaban J connectivity index is 1.59. The van der Waals surface area contributed by atoms with Gasteiger partial charge >= 0.3 is 6.03 Å². The van der Waals surface area contributed by atoms with Crippen molar-refractivity contribution in [2.75, 3.05) is 13.6 Å². The molecule has 2 saturated heterocycles. The topological polar surface area (TPSA) is 146 Å². The maximum atomic E-state index is 14.1. The van der Waals surface area contributed by atoms with Crippen molar-refractivity contribution >= 4 is 23.8 Å². The molecule has 2 fully saturated rings. The minimum atomic E-state index is -0.890. The molecule has 0 unspecified atom stereocenters. The van der Waals surface area contributed by atoms with Gasteiger partial charge in [0.2, 0.25) is 17.7 Å². The Hall–Kier alpha value is -3.92. The predicted molar refractivity (Wildman–Crippen MR) is 152 cm³/mol. The molecule has 40 heavy (non-hydrogen) atoms. The Morgan fingerprint density at radius 1 is 0.950 bits per heavy atom. The maximum Gasteiger partial charge on any atom is 0.312 e. The van der Waals surface area contributed by atoms with Crippen molar-refractivity contribution in [2.45, 2.75) is 69.2 Å². The van der Waals surface area contributed by atoms with E-state index in [9.17, 15) is 19.2 Å². The molecule has 0 bridgehead atoms. The Morgan fingerprint density at radius 3 is 2.10 bits per heavy atom. The van der Waals surface area contributed by atoms with Crippen LogP contribution in [0.5, 0.6) is 0 Å². The summed E-state index contributed by atoms with van der Waals surface area (Å²) in [5.74, 6) is -1.17. The van der Waals surface area contributed by atoms with E-state index in [1.54, 1.807) is 11.9 Å². The number of nitrogens with two attached hydrogens (primary N) is 1. The fourth-order valence-electron chi connectivity index (χ4n) is 5.99. The van der Waals surface area contributed by atoms with Gasteiger partial charge in [0.1, 0.15) is 12.1 Å². The van der Waals surface area contributed by atoms with E-state index in [0.717, 1.165) is 11.1 Å². The standard InChI is InChI=1S/C30H40N6O4/c1-3-23(32-2)27(37)35-26-21(18-33-30(31)40)14-15-22-16-17-24(36(22)29(26)39)28(38)34-25(19-10-6-4-7-11-19)20-12-8-5-9-13-20/h4-13,21-26,32H,3,14-18H2,1-2H3,(H,34,38)(H,35,37)(H3,31,33,40)/t21-,22+,23+,24+,26+/m1/s1.